The minimum absolute atomic E-state index is 0.391. The normalized spacial score (nSPS) is 22.8. The third kappa shape index (κ3) is 6.21. The summed E-state index contributed by atoms with van der Waals surface area (Å²) in [6.45, 7) is 7.95. The predicted octanol–water partition coefficient (Wildman–Crippen LogP) is 1.36. The van der Waals surface area contributed by atoms with E-state index in [1.807, 2.05) is 13.8 Å². The van der Waals surface area contributed by atoms with Gasteiger partial charge in [0.25, 0.3) is 0 Å². The molecule has 32 heavy (non-hydrogen) atoms. The van der Waals surface area contributed by atoms with Crippen LogP contribution in [0.1, 0.15) is 54.4 Å². The number of hydrogen-bond acceptors (Lipinski definition) is 10. The number of ether oxygens (including phenoxy) is 4. The highest BCUT2D eigenvalue weighted by Crippen LogP contribution is 2.37. The molecular formula is C21H29NO10. The smallest absolute Gasteiger partial charge is 0.303 e. The molecule has 0 N–H and O–H groups in total. The number of allylic oxidation sites excluding steroid dienone is 2. The molecule has 2 rings (SSSR count). The average molecular weight is 455 g/mol. The maximum absolute atomic E-state index is 12.5. The van der Waals surface area contributed by atoms with Crippen molar-refractivity contribution in [1.82, 2.24) is 0 Å². The summed E-state index contributed by atoms with van der Waals surface area (Å²) in [5.74, 6) is -3.34. The molecule has 0 aromatic heterocycles. The van der Waals surface area contributed by atoms with Crippen molar-refractivity contribution in [2.75, 3.05) is 6.61 Å². The highest BCUT2D eigenvalue weighted by atomic mass is 16.9. The number of nitrogens with zero attached hydrogens (tertiary/aromatic N) is 1. The molecule has 0 fully saturated rings. The van der Waals surface area contributed by atoms with E-state index in [0.29, 0.717) is 23.5 Å². The fourth-order valence-corrected chi connectivity index (χ4v) is 3.89. The Bertz CT molecular complexity index is 846. The summed E-state index contributed by atoms with van der Waals surface area (Å²) in [7, 11) is 0. The number of carbonyl (C=O) groups is 4. The highest BCUT2D eigenvalue weighted by molar-refractivity contribution is 5.87. The molecule has 0 radical (unpaired) electrons. The van der Waals surface area contributed by atoms with Crippen LogP contribution in [0, 0.1) is 11.1 Å². The van der Waals surface area contributed by atoms with Crippen LogP contribution in [0.25, 0.3) is 0 Å². The third-order valence-corrected chi connectivity index (χ3v) is 5.36. The van der Waals surface area contributed by atoms with Gasteiger partial charge in [0, 0.05) is 32.6 Å². The lowest BCUT2D eigenvalue weighted by molar-refractivity contribution is -0.743. The monoisotopic (exact) mass is 455 g/mol. The Morgan fingerprint density at radius 1 is 0.969 bits per heavy atom. The zero-order chi connectivity index (χ0) is 24.2. The van der Waals surface area contributed by atoms with Crippen LogP contribution in [-0.4, -0.2) is 65.5 Å². The van der Waals surface area contributed by atoms with Crippen LogP contribution in [0.2, 0.25) is 0 Å². The molecule has 0 amide bonds. The van der Waals surface area contributed by atoms with Gasteiger partial charge in [-0.2, -0.15) is 0 Å². The highest BCUT2D eigenvalue weighted by Gasteiger charge is 2.52. The second-order valence-electron chi connectivity index (χ2n) is 7.97. The molecule has 2 aliphatic rings. The van der Waals surface area contributed by atoms with Gasteiger partial charge in [0.2, 0.25) is 5.71 Å². The Hall–Kier alpha value is -3.11. The largest absolute Gasteiger partial charge is 0.462 e. The molecule has 0 aromatic rings. The second kappa shape index (κ2) is 10.5. The molecule has 0 aromatic carbocycles. The van der Waals surface area contributed by atoms with Gasteiger partial charge in [0.1, 0.15) is 12.7 Å². The third-order valence-electron chi connectivity index (χ3n) is 5.36. The number of esters is 4. The maximum atomic E-state index is 12.5. The lowest BCUT2D eigenvalue weighted by atomic mass is 9.78. The van der Waals surface area contributed by atoms with Gasteiger partial charge in [0.15, 0.2) is 18.3 Å². The Morgan fingerprint density at radius 3 is 2.09 bits per heavy atom. The molecule has 1 aliphatic carbocycles. The zero-order valence-electron chi connectivity index (χ0n) is 19.0. The van der Waals surface area contributed by atoms with Gasteiger partial charge in [-0.25, -0.2) is 0 Å². The molecule has 178 valence electrons. The van der Waals surface area contributed by atoms with Crippen LogP contribution in [0.15, 0.2) is 11.1 Å². The maximum Gasteiger partial charge on any atom is 0.303 e. The molecule has 0 bridgehead atoms. The van der Waals surface area contributed by atoms with E-state index >= 15 is 0 Å². The van der Waals surface area contributed by atoms with Crippen molar-refractivity contribution in [1.29, 1.82) is 0 Å². The van der Waals surface area contributed by atoms with Gasteiger partial charge in [-0.1, -0.05) is 11.1 Å². The van der Waals surface area contributed by atoms with Crippen LogP contribution in [0.3, 0.4) is 0 Å². The van der Waals surface area contributed by atoms with Gasteiger partial charge < -0.3 is 23.8 Å². The molecule has 1 heterocycles. The SMILES string of the molecule is CC(=O)OC[C@@H](OC(C)=O)[C@@H](OC(C)=O)[C@H](OC(C)=O)[C@@H]1O[N+]([O-])=C2CC(C)=C(C)C[C@H]21. The van der Waals surface area contributed by atoms with Crippen LogP contribution in [0.5, 0.6) is 0 Å². The van der Waals surface area contributed by atoms with E-state index in [9.17, 15) is 24.4 Å². The first kappa shape index (κ1) is 25.2. The Labute approximate surface area is 185 Å². The predicted molar refractivity (Wildman–Crippen MR) is 108 cm³/mol. The van der Waals surface area contributed by atoms with E-state index in [2.05, 4.69) is 0 Å². The lowest BCUT2D eigenvalue weighted by Gasteiger charge is -2.36. The molecule has 0 unspecified atom stereocenters. The van der Waals surface area contributed by atoms with Gasteiger partial charge in [-0.3, -0.25) is 24.4 Å². The molecule has 1 aliphatic heterocycles. The van der Waals surface area contributed by atoms with Crippen molar-refractivity contribution in [3.8, 4) is 0 Å². The van der Waals surface area contributed by atoms with E-state index in [1.165, 1.54) is 0 Å². The summed E-state index contributed by atoms with van der Waals surface area (Å²) >= 11 is 0. The number of rotatable bonds is 8. The molecule has 11 nitrogen and oxygen atoms in total. The lowest BCUT2D eigenvalue weighted by Crippen LogP contribution is -2.54. The van der Waals surface area contributed by atoms with E-state index in [-0.39, 0.29) is 0 Å². The first-order valence-corrected chi connectivity index (χ1v) is 10.2. The number of fused-ring (bicyclic) bond motifs is 1. The fraction of sp³-hybridized carbons (Fsp3) is 0.667. The van der Waals surface area contributed by atoms with E-state index in [1.54, 1.807) is 0 Å². The molecule has 11 heteroatoms. The fourth-order valence-electron chi connectivity index (χ4n) is 3.89. The second-order valence-corrected chi connectivity index (χ2v) is 7.97. The Balaban J connectivity index is 2.47. The topological polar surface area (TPSA) is 141 Å². The number of carbonyl (C=O) groups excluding carboxylic acids is 4. The van der Waals surface area contributed by atoms with Gasteiger partial charge in [0.05, 0.1) is 12.3 Å². The van der Waals surface area contributed by atoms with Crippen LogP contribution in [0.4, 0.5) is 0 Å². The summed E-state index contributed by atoms with van der Waals surface area (Å²) in [6.07, 6.45) is -4.18. The van der Waals surface area contributed by atoms with Crippen molar-refractivity contribution in [3.05, 3.63) is 16.4 Å². The van der Waals surface area contributed by atoms with Crippen molar-refractivity contribution in [2.24, 2.45) is 5.92 Å². The average Bonchev–Trinajstić information content (AvgIpc) is 2.97. The summed E-state index contributed by atoms with van der Waals surface area (Å²) in [4.78, 5) is 52.8. The van der Waals surface area contributed by atoms with Crippen LogP contribution < -0.4 is 0 Å². The Morgan fingerprint density at radius 2 is 1.56 bits per heavy atom. The first-order chi connectivity index (χ1) is 14.9. The van der Waals surface area contributed by atoms with Gasteiger partial charge in [-0.05, 0) is 20.3 Å². The summed E-state index contributed by atoms with van der Waals surface area (Å²) in [5, 5.41) is 12.5. The van der Waals surface area contributed by atoms with Gasteiger partial charge in [-0.15, -0.1) is 0 Å². The summed E-state index contributed by atoms with van der Waals surface area (Å²) in [5.41, 5.74) is 2.56. The Kier molecular flexibility index (Phi) is 8.23. The van der Waals surface area contributed by atoms with Gasteiger partial charge >= 0.3 is 23.9 Å². The van der Waals surface area contributed by atoms with E-state index in [0.717, 1.165) is 38.8 Å². The van der Waals surface area contributed by atoms with Crippen molar-refractivity contribution < 1.29 is 47.9 Å². The standard InChI is InChI=1S/C21H29NO10/c1-10-7-16-17(8-11(10)2)22(27)32-19(16)21(31-15(6)26)20(30-14(5)25)18(29-13(4)24)9-28-12(3)23/h16,18-21H,7-9H2,1-6H3/t16-,18-,19-,20-,21-/m1/s1. The van der Waals surface area contributed by atoms with Crippen molar-refractivity contribution in [2.45, 2.75) is 78.8 Å². The van der Waals surface area contributed by atoms with E-state index in [4.69, 9.17) is 23.8 Å². The molecule has 5 atom stereocenters. The molecule has 0 saturated heterocycles. The van der Waals surface area contributed by atoms with Crippen LogP contribution >= 0.6 is 0 Å². The quantitative estimate of drug-likeness (QED) is 0.228. The van der Waals surface area contributed by atoms with E-state index < -0.39 is 60.8 Å². The van der Waals surface area contributed by atoms with Crippen molar-refractivity contribution in [3.63, 3.8) is 0 Å². The first-order valence-electron chi connectivity index (χ1n) is 10.2. The molecular weight excluding hydrogens is 426 g/mol. The van der Waals surface area contributed by atoms with Crippen LogP contribution in [-0.2, 0) is 43.0 Å². The zero-order valence-corrected chi connectivity index (χ0v) is 19.0. The molecule has 0 spiro atoms. The molecule has 0 saturated carbocycles. The summed E-state index contributed by atoms with van der Waals surface area (Å²) < 4.78 is 21.0. The summed E-state index contributed by atoms with van der Waals surface area (Å²) in [6, 6.07) is 0. The number of hydrogen-bond donors (Lipinski definition) is 0. The van der Waals surface area contributed by atoms with Crippen molar-refractivity contribution >= 4 is 29.6 Å². The minimum atomic E-state index is -1.40. The minimum Gasteiger partial charge on any atom is -0.462 e.